The zero-order valence-corrected chi connectivity index (χ0v) is 21.1. The number of hydrogen-bond donors (Lipinski definition) is 0. The summed E-state index contributed by atoms with van der Waals surface area (Å²) in [7, 11) is 0. The molecule has 4 aromatic heterocycles. The average molecular weight is 493 g/mol. The van der Waals surface area contributed by atoms with Crippen LogP contribution in [0, 0.1) is 0 Å². The van der Waals surface area contributed by atoms with E-state index >= 15 is 0 Å². The van der Waals surface area contributed by atoms with Gasteiger partial charge >= 0.3 is 5.66 Å². The number of fused-ring (bicyclic) bond motifs is 4. The molecule has 0 radical (unpaired) electrons. The molecule has 38 heavy (non-hydrogen) atoms. The van der Waals surface area contributed by atoms with Gasteiger partial charge in [0.25, 0.3) is 0 Å². The summed E-state index contributed by atoms with van der Waals surface area (Å²) in [4.78, 5) is 0. The lowest BCUT2D eigenvalue weighted by Gasteiger charge is -2.31. The molecule has 6 nitrogen and oxygen atoms in total. The Bertz CT molecular complexity index is 1800. The first-order valence-electron chi connectivity index (χ1n) is 13.0. The maximum Gasteiger partial charge on any atom is 0.424 e. The fourth-order valence-corrected chi connectivity index (χ4v) is 6.98. The molecule has 0 aliphatic carbocycles. The maximum atomic E-state index is 5.20. The highest BCUT2D eigenvalue weighted by molar-refractivity contribution is 5.70. The van der Waals surface area contributed by atoms with Crippen molar-refractivity contribution in [1.29, 1.82) is 0 Å². The van der Waals surface area contributed by atoms with Gasteiger partial charge in [-0.25, -0.2) is 9.36 Å². The fourth-order valence-electron chi connectivity index (χ4n) is 6.98. The second-order valence-corrected chi connectivity index (χ2v) is 10.9. The Kier molecular flexibility index (Phi) is 3.48. The van der Waals surface area contributed by atoms with Crippen molar-refractivity contribution in [1.82, 2.24) is 19.6 Å². The molecule has 0 unspecified atom stereocenters. The number of aromatic nitrogens is 6. The highest BCUT2D eigenvalue weighted by atomic mass is 15.4. The molecular formula is C32H24N6+2. The van der Waals surface area contributed by atoms with Crippen LogP contribution in [0.1, 0.15) is 36.4 Å². The van der Waals surface area contributed by atoms with Crippen LogP contribution in [0.2, 0.25) is 0 Å². The minimum absolute atomic E-state index is 0.201. The number of rotatable bonds is 2. The van der Waals surface area contributed by atoms with Crippen LogP contribution < -0.4 is 9.13 Å². The summed E-state index contributed by atoms with van der Waals surface area (Å²) in [5, 5.41) is 10.4. The first kappa shape index (κ1) is 20.2. The summed E-state index contributed by atoms with van der Waals surface area (Å²) in [5.74, 6) is 0. The van der Waals surface area contributed by atoms with Gasteiger partial charge in [-0.3, -0.25) is 0 Å². The van der Waals surface area contributed by atoms with Crippen molar-refractivity contribution in [2.75, 3.05) is 0 Å². The van der Waals surface area contributed by atoms with E-state index in [0.29, 0.717) is 0 Å². The summed E-state index contributed by atoms with van der Waals surface area (Å²) in [6.07, 6.45) is 4.45. The molecule has 0 saturated carbocycles. The molecule has 3 aliphatic rings. The molecule has 9 rings (SSSR count). The van der Waals surface area contributed by atoms with Crippen LogP contribution in [0.15, 0.2) is 109 Å². The molecule has 0 N–H and O–H groups in total. The molecule has 0 saturated heterocycles. The average Bonchev–Trinajstić information content (AvgIpc) is 3.70. The van der Waals surface area contributed by atoms with E-state index in [1.807, 2.05) is 21.5 Å². The van der Waals surface area contributed by atoms with Gasteiger partial charge in [0.05, 0.1) is 11.4 Å². The van der Waals surface area contributed by atoms with Crippen molar-refractivity contribution < 1.29 is 9.13 Å². The van der Waals surface area contributed by atoms with Gasteiger partial charge in [-0.15, -0.1) is 9.13 Å². The van der Waals surface area contributed by atoms with Crippen LogP contribution in [0.25, 0.3) is 34.2 Å². The molecule has 0 bridgehead atoms. The predicted octanol–water partition coefficient (Wildman–Crippen LogP) is 4.53. The van der Waals surface area contributed by atoms with Gasteiger partial charge in [0.15, 0.2) is 22.5 Å². The standard InChI is InChI=1S/C32H24N6/c1-31(2)27-17-9-15-25-29-23(19-35(33-29)21-11-5-3-6-12-21)32(37(25)27)24-20-36(22-13-7-4-8-14-22)34-30(24)26-16-10-18-28(31)38(26)32/h3-20H,1-2H3/q+2. The van der Waals surface area contributed by atoms with Crippen molar-refractivity contribution in [3.63, 3.8) is 0 Å². The molecule has 2 aromatic carbocycles. The highest BCUT2D eigenvalue weighted by Gasteiger charge is 2.75. The van der Waals surface area contributed by atoms with Crippen LogP contribution in [0.5, 0.6) is 0 Å². The highest BCUT2D eigenvalue weighted by Crippen LogP contribution is 2.51. The number of nitrogens with zero attached hydrogens (tertiary/aromatic N) is 6. The van der Waals surface area contributed by atoms with Crippen molar-refractivity contribution in [2.24, 2.45) is 0 Å². The molecule has 0 amide bonds. The Balaban J connectivity index is 1.45. The first-order valence-corrected chi connectivity index (χ1v) is 13.0. The zero-order chi connectivity index (χ0) is 25.2. The van der Waals surface area contributed by atoms with Gasteiger partial charge in [0.2, 0.25) is 22.8 Å². The Morgan fingerprint density at radius 1 is 0.553 bits per heavy atom. The topological polar surface area (TPSA) is 43.4 Å². The first-order chi connectivity index (χ1) is 18.6. The third-order valence-corrected chi connectivity index (χ3v) is 8.61. The van der Waals surface area contributed by atoms with Gasteiger partial charge in [0, 0.05) is 36.7 Å². The van der Waals surface area contributed by atoms with Gasteiger partial charge < -0.3 is 0 Å². The number of benzene rings is 2. The number of pyridine rings is 2. The van der Waals surface area contributed by atoms with Gasteiger partial charge in [-0.2, -0.15) is 10.2 Å². The van der Waals surface area contributed by atoms with E-state index in [-0.39, 0.29) is 5.41 Å². The van der Waals surface area contributed by atoms with Gasteiger partial charge in [-0.05, 0) is 50.2 Å². The van der Waals surface area contributed by atoms with E-state index in [0.717, 1.165) is 34.2 Å². The number of hydrogen-bond acceptors (Lipinski definition) is 2. The van der Waals surface area contributed by atoms with Crippen molar-refractivity contribution >= 4 is 0 Å². The van der Waals surface area contributed by atoms with E-state index in [9.17, 15) is 0 Å². The van der Waals surface area contributed by atoms with E-state index in [1.54, 1.807) is 0 Å². The Labute approximate surface area is 219 Å². The molecule has 3 aliphatic heterocycles. The quantitative estimate of drug-likeness (QED) is 0.333. The molecule has 7 heterocycles. The lowest BCUT2D eigenvalue weighted by Crippen LogP contribution is -2.79. The smallest absolute Gasteiger partial charge is 0.239 e. The van der Waals surface area contributed by atoms with Crippen molar-refractivity contribution in [3.8, 4) is 34.2 Å². The second-order valence-electron chi connectivity index (χ2n) is 10.9. The summed E-state index contributed by atoms with van der Waals surface area (Å²) in [6.45, 7) is 4.65. The molecule has 0 fully saturated rings. The molecule has 180 valence electrons. The summed E-state index contributed by atoms with van der Waals surface area (Å²) in [6, 6.07) is 34.1. The Morgan fingerprint density at radius 2 is 1.00 bits per heavy atom. The van der Waals surface area contributed by atoms with Crippen molar-refractivity contribution in [2.45, 2.75) is 24.9 Å². The molecule has 6 aromatic rings. The van der Waals surface area contributed by atoms with Gasteiger partial charge in [-0.1, -0.05) is 36.4 Å². The van der Waals surface area contributed by atoms with Crippen LogP contribution >= 0.6 is 0 Å². The predicted molar refractivity (Wildman–Crippen MR) is 142 cm³/mol. The lowest BCUT2D eigenvalue weighted by molar-refractivity contribution is -0.972. The van der Waals surface area contributed by atoms with Crippen LogP contribution in [0.3, 0.4) is 0 Å². The minimum Gasteiger partial charge on any atom is -0.239 e. The third-order valence-electron chi connectivity index (χ3n) is 8.61. The summed E-state index contributed by atoms with van der Waals surface area (Å²) in [5.41, 5.74) is 10.5. The van der Waals surface area contributed by atoms with Crippen LogP contribution in [-0.2, 0) is 11.1 Å². The Hall–Kier alpha value is -4.84. The maximum absolute atomic E-state index is 5.20. The van der Waals surface area contributed by atoms with E-state index in [1.165, 1.54) is 22.5 Å². The molecule has 6 heteroatoms. The number of para-hydroxylation sites is 2. The fraction of sp³-hybridized carbons (Fsp3) is 0.125. The van der Waals surface area contributed by atoms with Crippen molar-refractivity contribution in [3.05, 3.63) is 132 Å². The van der Waals surface area contributed by atoms with Crippen LogP contribution in [-0.4, -0.2) is 19.6 Å². The van der Waals surface area contributed by atoms with E-state index in [4.69, 9.17) is 10.2 Å². The van der Waals surface area contributed by atoms with E-state index in [2.05, 4.69) is 120 Å². The molecule has 1 spiro atoms. The largest absolute Gasteiger partial charge is 0.424 e. The third kappa shape index (κ3) is 2.14. The SMILES string of the molecule is CC1(C)c2cccc3[n+]2C2(c4cn(-c5ccccc5)nc4-3)c3cn(-c4ccccc4)nc3-c3cccc1[n+]32. The van der Waals surface area contributed by atoms with E-state index < -0.39 is 5.66 Å². The second kappa shape index (κ2) is 6.53. The monoisotopic (exact) mass is 492 g/mol. The Morgan fingerprint density at radius 3 is 1.45 bits per heavy atom. The van der Waals surface area contributed by atoms with Crippen LogP contribution in [0.4, 0.5) is 0 Å². The zero-order valence-electron chi connectivity index (χ0n) is 21.1. The van der Waals surface area contributed by atoms with Gasteiger partial charge in [0.1, 0.15) is 5.41 Å². The molecule has 0 atom stereocenters. The molecular weight excluding hydrogens is 468 g/mol. The summed E-state index contributed by atoms with van der Waals surface area (Å²) >= 11 is 0. The summed E-state index contributed by atoms with van der Waals surface area (Å²) < 4.78 is 9.11. The normalized spacial score (nSPS) is 16.1. The lowest BCUT2D eigenvalue weighted by atomic mass is 9.79. The minimum atomic E-state index is -0.599.